The fourth-order valence-electron chi connectivity index (χ4n) is 3.38. The number of aliphatic hydroxyl groups is 1. The van der Waals surface area contributed by atoms with E-state index in [9.17, 15) is 5.11 Å². The number of β-amino-alcohol motifs (C(OH)–C–C–N with tert-alkyl or cyclic N) is 1. The predicted octanol–water partition coefficient (Wildman–Crippen LogP) is 2.87. The number of hydrogen-bond acceptors (Lipinski definition) is 5. The first kappa shape index (κ1) is 14.7. The van der Waals surface area contributed by atoms with Crippen molar-refractivity contribution in [3.8, 4) is 5.75 Å². The molecule has 23 heavy (non-hydrogen) atoms. The van der Waals surface area contributed by atoms with Gasteiger partial charge >= 0.3 is 0 Å². The van der Waals surface area contributed by atoms with E-state index in [0.717, 1.165) is 29.4 Å². The molecule has 1 saturated carbocycles. The number of benzene rings is 1. The van der Waals surface area contributed by atoms with Gasteiger partial charge in [0.1, 0.15) is 11.5 Å². The topological polar surface area (TPSA) is 58.7 Å². The molecule has 0 radical (unpaired) electrons. The normalized spacial score (nSPS) is 25.0. The lowest BCUT2D eigenvalue weighted by Gasteiger charge is -2.23. The summed E-state index contributed by atoms with van der Waals surface area (Å²) in [6.45, 7) is 1.27. The molecule has 2 atom stereocenters. The molecule has 1 aliphatic heterocycles. The summed E-state index contributed by atoms with van der Waals surface area (Å²) in [5.74, 6) is 3.18. The molecule has 2 heterocycles. The Morgan fingerprint density at radius 1 is 1.39 bits per heavy atom. The minimum atomic E-state index is -0.316. The standard InChI is InChI=1S/C18H22N2O3/c1-22-15-4-2-3-13(7-15)16-8-14(21)10-20(16)11-18-19-9-17(23-18)12-5-6-12/h2-4,7,9,12,14,16,21H,5-6,8,10-11H2,1H3/t14-,16+/m1/s1. The second kappa shape index (κ2) is 5.98. The summed E-state index contributed by atoms with van der Waals surface area (Å²) in [6.07, 6.45) is 4.69. The van der Waals surface area contributed by atoms with E-state index >= 15 is 0 Å². The molecule has 1 saturated heterocycles. The van der Waals surface area contributed by atoms with E-state index in [2.05, 4.69) is 16.0 Å². The van der Waals surface area contributed by atoms with Crippen LogP contribution in [0.15, 0.2) is 34.9 Å². The first-order valence-corrected chi connectivity index (χ1v) is 8.23. The van der Waals surface area contributed by atoms with Crippen LogP contribution >= 0.6 is 0 Å². The molecule has 1 aromatic carbocycles. The van der Waals surface area contributed by atoms with Gasteiger partial charge in [-0.15, -0.1) is 0 Å². The third-order valence-electron chi connectivity index (χ3n) is 4.75. The average Bonchev–Trinajstić information content (AvgIpc) is 3.21. The molecule has 2 aromatic rings. The zero-order chi connectivity index (χ0) is 15.8. The van der Waals surface area contributed by atoms with Gasteiger partial charge in [-0.2, -0.15) is 0 Å². The van der Waals surface area contributed by atoms with Gasteiger partial charge in [0.25, 0.3) is 0 Å². The number of ether oxygens (including phenoxy) is 1. The maximum absolute atomic E-state index is 10.1. The van der Waals surface area contributed by atoms with E-state index in [-0.39, 0.29) is 12.1 Å². The van der Waals surface area contributed by atoms with Crippen molar-refractivity contribution >= 4 is 0 Å². The van der Waals surface area contributed by atoms with Gasteiger partial charge in [-0.1, -0.05) is 12.1 Å². The minimum Gasteiger partial charge on any atom is -0.497 e. The van der Waals surface area contributed by atoms with Crippen LogP contribution in [-0.4, -0.2) is 34.7 Å². The second-order valence-electron chi connectivity index (χ2n) is 6.54. The molecule has 0 unspecified atom stereocenters. The second-order valence-corrected chi connectivity index (χ2v) is 6.54. The van der Waals surface area contributed by atoms with Gasteiger partial charge in [0.2, 0.25) is 5.89 Å². The van der Waals surface area contributed by atoms with Crippen molar-refractivity contribution in [2.45, 2.75) is 43.9 Å². The quantitative estimate of drug-likeness (QED) is 0.919. The molecule has 0 bridgehead atoms. The summed E-state index contributed by atoms with van der Waals surface area (Å²) in [6, 6.07) is 8.23. The van der Waals surface area contributed by atoms with Crippen LogP contribution in [0, 0.1) is 0 Å². The highest BCUT2D eigenvalue weighted by Gasteiger charge is 2.34. The Kier molecular flexibility index (Phi) is 3.83. The molecule has 4 rings (SSSR count). The number of aromatic nitrogens is 1. The molecule has 5 heteroatoms. The molecule has 122 valence electrons. The van der Waals surface area contributed by atoms with Gasteiger partial charge < -0.3 is 14.3 Å². The minimum absolute atomic E-state index is 0.163. The van der Waals surface area contributed by atoms with Gasteiger partial charge in [-0.25, -0.2) is 4.98 Å². The molecule has 1 aromatic heterocycles. The largest absolute Gasteiger partial charge is 0.497 e. The average molecular weight is 314 g/mol. The van der Waals surface area contributed by atoms with Gasteiger partial charge in [-0.3, -0.25) is 4.90 Å². The van der Waals surface area contributed by atoms with E-state index in [1.165, 1.54) is 12.8 Å². The highest BCUT2D eigenvalue weighted by Crippen LogP contribution is 2.41. The van der Waals surface area contributed by atoms with Crippen LogP contribution in [0.4, 0.5) is 0 Å². The highest BCUT2D eigenvalue weighted by molar-refractivity contribution is 5.31. The zero-order valence-corrected chi connectivity index (χ0v) is 13.3. The Bertz CT molecular complexity index is 680. The Morgan fingerprint density at radius 2 is 2.26 bits per heavy atom. The van der Waals surface area contributed by atoms with Gasteiger partial charge in [0.05, 0.1) is 26.0 Å². The molecule has 1 aliphatic carbocycles. The molecular weight excluding hydrogens is 292 g/mol. The molecule has 1 N–H and O–H groups in total. The lowest BCUT2D eigenvalue weighted by Crippen LogP contribution is -2.24. The number of oxazole rings is 1. The predicted molar refractivity (Wildman–Crippen MR) is 85.2 cm³/mol. The molecule has 2 fully saturated rings. The van der Waals surface area contributed by atoms with Gasteiger partial charge in [-0.05, 0) is 37.0 Å². The Hall–Kier alpha value is -1.85. The maximum atomic E-state index is 10.1. The third kappa shape index (κ3) is 3.12. The van der Waals surface area contributed by atoms with Gasteiger partial charge in [0.15, 0.2) is 0 Å². The summed E-state index contributed by atoms with van der Waals surface area (Å²) >= 11 is 0. The number of methoxy groups -OCH3 is 1. The number of rotatable bonds is 5. The van der Waals surface area contributed by atoms with E-state index in [4.69, 9.17) is 9.15 Å². The zero-order valence-electron chi connectivity index (χ0n) is 13.3. The van der Waals surface area contributed by atoms with Crippen LogP contribution in [0.3, 0.4) is 0 Å². The lowest BCUT2D eigenvalue weighted by molar-refractivity contribution is 0.166. The molecule has 0 spiro atoms. The maximum Gasteiger partial charge on any atom is 0.208 e. The first-order valence-electron chi connectivity index (χ1n) is 8.23. The Morgan fingerprint density at radius 3 is 3.04 bits per heavy atom. The first-order chi connectivity index (χ1) is 11.2. The summed E-state index contributed by atoms with van der Waals surface area (Å²) in [7, 11) is 1.67. The van der Waals surface area contributed by atoms with Crippen molar-refractivity contribution in [1.29, 1.82) is 0 Å². The molecular formula is C18H22N2O3. The van der Waals surface area contributed by atoms with Crippen molar-refractivity contribution < 1.29 is 14.3 Å². The lowest BCUT2D eigenvalue weighted by atomic mass is 10.0. The van der Waals surface area contributed by atoms with Crippen LogP contribution in [0.5, 0.6) is 5.75 Å². The van der Waals surface area contributed by atoms with E-state index in [0.29, 0.717) is 19.0 Å². The van der Waals surface area contributed by atoms with Crippen LogP contribution in [0.25, 0.3) is 0 Å². The van der Waals surface area contributed by atoms with Crippen molar-refractivity contribution in [3.05, 3.63) is 47.7 Å². The van der Waals surface area contributed by atoms with Crippen molar-refractivity contribution in [2.75, 3.05) is 13.7 Å². The number of likely N-dealkylation sites (tertiary alicyclic amines) is 1. The molecule has 0 amide bonds. The van der Waals surface area contributed by atoms with E-state index in [1.807, 2.05) is 24.4 Å². The van der Waals surface area contributed by atoms with Crippen LogP contribution < -0.4 is 4.74 Å². The van der Waals surface area contributed by atoms with Crippen molar-refractivity contribution in [1.82, 2.24) is 9.88 Å². The molecule has 5 nitrogen and oxygen atoms in total. The SMILES string of the molecule is COc1cccc([C@@H]2C[C@@H](O)CN2Cc2ncc(C3CC3)o2)c1. The highest BCUT2D eigenvalue weighted by atomic mass is 16.5. The van der Waals surface area contributed by atoms with Crippen LogP contribution in [0.2, 0.25) is 0 Å². The van der Waals surface area contributed by atoms with Crippen LogP contribution in [-0.2, 0) is 6.54 Å². The number of nitrogens with zero attached hydrogens (tertiary/aromatic N) is 2. The van der Waals surface area contributed by atoms with E-state index in [1.54, 1.807) is 7.11 Å². The monoisotopic (exact) mass is 314 g/mol. The van der Waals surface area contributed by atoms with Crippen molar-refractivity contribution in [3.63, 3.8) is 0 Å². The smallest absolute Gasteiger partial charge is 0.208 e. The number of aliphatic hydroxyl groups excluding tert-OH is 1. The Balaban J connectivity index is 1.52. The Labute approximate surface area is 135 Å². The summed E-state index contributed by atoms with van der Waals surface area (Å²) < 4.78 is 11.2. The summed E-state index contributed by atoms with van der Waals surface area (Å²) in [5, 5.41) is 10.1. The third-order valence-corrected chi connectivity index (χ3v) is 4.75. The summed E-state index contributed by atoms with van der Waals surface area (Å²) in [4.78, 5) is 6.65. The fraction of sp³-hybridized carbons (Fsp3) is 0.500. The van der Waals surface area contributed by atoms with Crippen molar-refractivity contribution in [2.24, 2.45) is 0 Å². The molecule has 2 aliphatic rings. The summed E-state index contributed by atoms with van der Waals surface area (Å²) in [5.41, 5.74) is 1.16. The fourth-order valence-corrected chi connectivity index (χ4v) is 3.38. The van der Waals surface area contributed by atoms with Crippen LogP contribution in [0.1, 0.15) is 48.4 Å². The van der Waals surface area contributed by atoms with E-state index < -0.39 is 0 Å². The number of hydrogen-bond donors (Lipinski definition) is 1. The van der Waals surface area contributed by atoms with Gasteiger partial charge in [0, 0.05) is 18.5 Å².